The lowest BCUT2D eigenvalue weighted by atomic mass is 9.96. The fourth-order valence-corrected chi connectivity index (χ4v) is 4.23. The van der Waals surface area contributed by atoms with E-state index in [1.165, 1.54) is 0 Å². The first-order chi connectivity index (χ1) is 16.5. The van der Waals surface area contributed by atoms with Crippen molar-refractivity contribution in [1.82, 2.24) is 4.90 Å². The van der Waals surface area contributed by atoms with Gasteiger partial charge in [-0.2, -0.15) is 0 Å². The molecule has 0 spiro atoms. The van der Waals surface area contributed by atoms with Gasteiger partial charge in [0.25, 0.3) is 5.91 Å². The van der Waals surface area contributed by atoms with Crippen molar-refractivity contribution in [3.8, 4) is 0 Å². The standard InChI is InChI=1S/C28H29N3O3/c1-20-24(29-27(33)22-12-6-3-7-13-22)15-8-16-25(20)30-28(34)23-14-9-17-31(19-23)26(32)18-21-10-4-2-5-11-21/h2-8,10-13,15-16,23H,9,14,17-19H2,1H3,(H,29,33)(H,30,34). The van der Waals surface area contributed by atoms with Crippen molar-refractivity contribution in [3.63, 3.8) is 0 Å². The van der Waals surface area contributed by atoms with Crippen LogP contribution in [-0.4, -0.2) is 35.7 Å². The molecule has 34 heavy (non-hydrogen) atoms. The maximum atomic E-state index is 13.1. The Labute approximate surface area is 200 Å². The van der Waals surface area contributed by atoms with Gasteiger partial charge in [0.05, 0.1) is 12.3 Å². The highest BCUT2D eigenvalue weighted by atomic mass is 16.2. The summed E-state index contributed by atoms with van der Waals surface area (Å²) in [5.74, 6) is -0.528. The summed E-state index contributed by atoms with van der Waals surface area (Å²) in [5, 5.41) is 5.94. The molecule has 1 fully saturated rings. The molecule has 1 aliphatic heterocycles. The Morgan fingerprint density at radius 3 is 2.21 bits per heavy atom. The lowest BCUT2D eigenvalue weighted by molar-refractivity contribution is -0.133. The van der Waals surface area contributed by atoms with Gasteiger partial charge in [0.2, 0.25) is 11.8 Å². The summed E-state index contributed by atoms with van der Waals surface area (Å²) >= 11 is 0. The number of rotatable bonds is 6. The monoisotopic (exact) mass is 455 g/mol. The summed E-state index contributed by atoms with van der Waals surface area (Å²) in [6.07, 6.45) is 1.88. The van der Waals surface area contributed by atoms with Crippen LogP contribution in [0.15, 0.2) is 78.9 Å². The number of hydrogen-bond donors (Lipinski definition) is 2. The van der Waals surface area contributed by atoms with Crippen LogP contribution in [0.1, 0.15) is 34.3 Å². The molecule has 0 radical (unpaired) electrons. The number of anilines is 2. The second-order valence-electron chi connectivity index (χ2n) is 8.63. The molecule has 0 aliphatic carbocycles. The lowest BCUT2D eigenvalue weighted by Crippen LogP contribution is -2.44. The minimum absolute atomic E-state index is 0.0468. The van der Waals surface area contributed by atoms with Crippen molar-refractivity contribution in [2.75, 3.05) is 23.7 Å². The number of benzene rings is 3. The summed E-state index contributed by atoms with van der Waals surface area (Å²) in [6.45, 7) is 2.96. The second kappa shape index (κ2) is 10.8. The lowest BCUT2D eigenvalue weighted by Gasteiger charge is -2.32. The molecule has 3 aromatic rings. The van der Waals surface area contributed by atoms with E-state index in [1.807, 2.05) is 67.6 Å². The van der Waals surface area contributed by atoms with Crippen LogP contribution in [0.5, 0.6) is 0 Å². The Hall–Kier alpha value is -3.93. The quantitative estimate of drug-likeness (QED) is 0.567. The Balaban J connectivity index is 1.38. The molecule has 3 aromatic carbocycles. The highest BCUT2D eigenvalue weighted by Crippen LogP contribution is 2.26. The summed E-state index contributed by atoms with van der Waals surface area (Å²) in [5.41, 5.74) is 3.63. The number of nitrogens with zero attached hydrogens (tertiary/aromatic N) is 1. The van der Waals surface area contributed by atoms with E-state index in [2.05, 4.69) is 10.6 Å². The Morgan fingerprint density at radius 1 is 0.853 bits per heavy atom. The van der Waals surface area contributed by atoms with Gasteiger partial charge >= 0.3 is 0 Å². The zero-order valence-electron chi connectivity index (χ0n) is 19.3. The molecule has 1 saturated heterocycles. The predicted molar refractivity (Wildman–Crippen MR) is 134 cm³/mol. The fourth-order valence-electron chi connectivity index (χ4n) is 4.23. The van der Waals surface area contributed by atoms with E-state index in [-0.39, 0.29) is 23.6 Å². The molecule has 1 atom stereocenters. The van der Waals surface area contributed by atoms with Crippen molar-refractivity contribution >= 4 is 29.1 Å². The maximum Gasteiger partial charge on any atom is 0.255 e. The average Bonchev–Trinajstić information content (AvgIpc) is 2.87. The van der Waals surface area contributed by atoms with Crippen LogP contribution in [0.25, 0.3) is 0 Å². The zero-order chi connectivity index (χ0) is 23.9. The summed E-state index contributed by atoms with van der Waals surface area (Å²) in [4.78, 5) is 40.2. The number of hydrogen-bond acceptors (Lipinski definition) is 3. The third-order valence-electron chi connectivity index (χ3n) is 6.22. The van der Waals surface area contributed by atoms with Crippen LogP contribution in [-0.2, 0) is 16.0 Å². The van der Waals surface area contributed by atoms with Crippen molar-refractivity contribution in [2.45, 2.75) is 26.2 Å². The molecule has 6 nitrogen and oxygen atoms in total. The Morgan fingerprint density at radius 2 is 1.50 bits per heavy atom. The highest BCUT2D eigenvalue weighted by molar-refractivity contribution is 6.05. The number of carbonyl (C=O) groups is 3. The van der Waals surface area contributed by atoms with Crippen LogP contribution in [0.3, 0.4) is 0 Å². The van der Waals surface area contributed by atoms with E-state index in [0.29, 0.717) is 36.4 Å². The van der Waals surface area contributed by atoms with Gasteiger partial charge in [0, 0.05) is 30.0 Å². The van der Waals surface area contributed by atoms with Gasteiger partial charge in [-0.05, 0) is 55.2 Å². The maximum absolute atomic E-state index is 13.1. The summed E-state index contributed by atoms with van der Waals surface area (Å²) in [7, 11) is 0. The van der Waals surface area contributed by atoms with E-state index in [4.69, 9.17) is 0 Å². The topological polar surface area (TPSA) is 78.5 Å². The van der Waals surface area contributed by atoms with E-state index < -0.39 is 0 Å². The SMILES string of the molecule is Cc1c(NC(=O)c2ccccc2)cccc1NC(=O)C1CCCN(C(=O)Cc2ccccc2)C1. The Kier molecular flexibility index (Phi) is 7.38. The molecule has 0 aromatic heterocycles. The van der Waals surface area contributed by atoms with Gasteiger partial charge in [-0.3, -0.25) is 14.4 Å². The highest BCUT2D eigenvalue weighted by Gasteiger charge is 2.28. The molecule has 6 heteroatoms. The molecule has 1 unspecified atom stereocenters. The van der Waals surface area contributed by atoms with Crippen LogP contribution in [0, 0.1) is 12.8 Å². The predicted octanol–water partition coefficient (Wildman–Crippen LogP) is 4.67. The van der Waals surface area contributed by atoms with Gasteiger partial charge in [-0.25, -0.2) is 0 Å². The number of amides is 3. The normalized spacial score (nSPS) is 15.4. The summed E-state index contributed by atoms with van der Waals surface area (Å²) in [6, 6.07) is 24.1. The molecule has 2 N–H and O–H groups in total. The molecular weight excluding hydrogens is 426 g/mol. The third-order valence-corrected chi connectivity index (χ3v) is 6.22. The summed E-state index contributed by atoms with van der Waals surface area (Å²) < 4.78 is 0. The number of nitrogens with one attached hydrogen (secondary N) is 2. The smallest absolute Gasteiger partial charge is 0.255 e. The van der Waals surface area contributed by atoms with Crippen LogP contribution < -0.4 is 10.6 Å². The van der Waals surface area contributed by atoms with Crippen LogP contribution in [0.4, 0.5) is 11.4 Å². The van der Waals surface area contributed by atoms with Crippen molar-refractivity contribution in [1.29, 1.82) is 0 Å². The Bertz CT molecular complexity index is 1160. The van der Waals surface area contributed by atoms with Gasteiger partial charge in [-0.15, -0.1) is 0 Å². The molecule has 3 amide bonds. The number of piperidine rings is 1. The fraction of sp³-hybridized carbons (Fsp3) is 0.250. The zero-order valence-corrected chi connectivity index (χ0v) is 19.3. The van der Waals surface area contributed by atoms with Crippen molar-refractivity contribution in [2.24, 2.45) is 5.92 Å². The van der Waals surface area contributed by atoms with Gasteiger partial charge < -0.3 is 15.5 Å². The van der Waals surface area contributed by atoms with E-state index in [1.54, 1.807) is 23.1 Å². The molecule has 174 valence electrons. The number of likely N-dealkylation sites (tertiary alicyclic amines) is 1. The largest absolute Gasteiger partial charge is 0.342 e. The van der Waals surface area contributed by atoms with Crippen molar-refractivity contribution < 1.29 is 14.4 Å². The van der Waals surface area contributed by atoms with Crippen LogP contribution >= 0.6 is 0 Å². The van der Waals surface area contributed by atoms with Gasteiger partial charge in [-0.1, -0.05) is 54.6 Å². The van der Waals surface area contributed by atoms with Crippen molar-refractivity contribution in [3.05, 3.63) is 95.6 Å². The minimum atomic E-state index is -0.268. The van der Waals surface area contributed by atoms with E-state index >= 15 is 0 Å². The van der Waals surface area contributed by atoms with Gasteiger partial charge in [0.15, 0.2) is 0 Å². The molecular formula is C28H29N3O3. The number of carbonyl (C=O) groups excluding carboxylic acids is 3. The minimum Gasteiger partial charge on any atom is -0.342 e. The molecule has 0 bridgehead atoms. The third kappa shape index (κ3) is 5.70. The molecule has 1 aliphatic rings. The molecule has 4 rings (SSSR count). The molecule has 0 saturated carbocycles. The first kappa shape index (κ1) is 23.2. The van der Waals surface area contributed by atoms with Gasteiger partial charge in [0.1, 0.15) is 0 Å². The van der Waals surface area contributed by atoms with E-state index in [0.717, 1.165) is 24.0 Å². The first-order valence-corrected chi connectivity index (χ1v) is 11.6. The molecule has 1 heterocycles. The van der Waals surface area contributed by atoms with E-state index in [9.17, 15) is 14.4 Å². The average molecular weight is 456 g/mol. The first-order valence-electron chi connectivity index (χ1n) is 11.6. The van der Waals surface area contributed by atoms with Crippen LogP contribution in [0.2, 0.25) is 0 Å². The second-order valence-corrected chi connectivity index (χ2v) is 8.63.